The summed E-state index contributed by atoms with van der Waals surface area (Å²) in [6, 6.07) is 8.86. The van der Waals surface area contributed by atoms with Gasteiger partial charge >= 0.3 is 0 Å². The second kappa shape index (κ2) is 8.45. The summed E-state index contributed by atoms with van der Waals surface area (Å²) >= 11 is 0. The lowest BCUT2D eigenvalue weighted by atomic mass is 10.2. The fraction of sp³-hybridized carbons (Fsp3) is 0.250. The molecule has 2 rings (SSSR count). The normalized spacial score (nSPS) is 11.4. The van der Waals surface area contributed by atoms with Gasteiger partial charge in [-0.25, -0.2) is 4.39 Å². The summed E-state index contributed by atoms with van der Waals surface area (Å²) in [5, 5.41) is 2.56. The van der Waals surface area contributed by atoms with Crippen molar-refractivity contribution < 1.29 is 9.18 Å². The van der Waals surface area contributed by atoms with Gasteiger partial charge in [0.15, 0.2) is 0 Å². The number of amides is 1. The Kier molecular flexibility index (Phi) is 6.93. The van der Waals surface area contributed by atoms with Crippen LogP contribution in [-0.2, 0) is 11.3 Å². The number of hydrogen-bond donors (Lipinski definition) is 2. The van der Waals surface area contributed by atoms with Gasteiger partial charge < -0.3 is 15.6 Å². The number of halogens is 2. The summed E-state index contributed by atoms with van der Waals surface area (Å²) in [6.07, 6.45) is 1.76. The molecule has 0 spiro atoms. The number of pyridine rings is 1. The van der Waals surface area contributed by atoms with Crippen molar-refractivity contribution in [2.75, 3.05) is 5.32 Å². The van der Waals surface area contributed by atoms with Crippen molar-refractivity contribution in [2.45, 2.75) is 25.9 Å². The lowest BCUT2D eigenvalue weighted by Gasteiger charge is -2.10. The number of nitrogens with two attached hydrogens (primary N) is 1. The van der Waals surface area contributed by atoms with Crippen molar-refractivity contribution >= 4 is 24.0 Å². The number of anilines is 1. The maximum Gasteiger partial charge on any atom is 0.274 e. The molecule has 1 atom stereocenters. The molecule has 0 aliphatic rings. The molecule has 0 bridgehead atoms. The van der Waals surface area contributed by atoms with Crippen molar-refractivity contribution in [2.24, 2.45) is 5.73 Å². The fourth-order valence-corrected chi connectivity index (χ4v) is 2.04. The first-order valence-corrected chi connectivity index (χ1v) is 6.95. The third-order valence-electron chi connectivity index (χ3n) is 3.07. The molecule has 0 saturated heterocycles. The first-order valence-electron chi connectivity index (χ1n) is 6.95. The standard InChI is InChI=1S/C16H18FN3O2.ClH/c1-11(18)9-15(21)19-14-3-2-8-20(16(14)22)10-12-4-6-13(17)7-5-12;/h2-8,11H,9-10,18H2,1H3,(H,19,21);1H. The predicted octanol–water partition coefficient (Wildman–Crippen LogP) is 2.13. The highest BCUT2D eigenvalue weighted by Gasteiger charge is 2.09. The number of benzene rings is 1. The van der Waals surface area contributed by atoms with E-state index < -0.39 is 0 Å². The zero-order valence-corrected chi connectivity index (χ0v) is 13.5. The second-order valence-electron chi connectivity index (χ2n) is 5.21. The Balaban J connectivity index is 0.00000264. The quantitative estimate of drug-likeness (QED) is 0.876. The van der Waals surface area contributed by atoms with Gasteiger partial charge in [-0.15, -0.1) is 12.4 Å². The third-order valence-corrected chi connectivity index (χ3v) is 3.07. The maximum atomic E-state index is 12.9. The molecule has 5 nitrogen and oxygen atoms in total. The Morgan fingerprint density at radius 1 is 1.30 bits per heavy atom. The van der Waals surface area contributed by atoms with Crippen LogP contribution in [0, 0.1) is 5.82 Å². The van der Waals surface area contributed by atoms with E-state index in [9.17, 15) is 14.0 Å². The summed E-state index contributed by atoms with van der Waals surface area (Å²) < 4.78 is 14.3. The van der Waals surface area contributed by atoms with Gasteiger partial charge in [-0.1, -0.05) is 12.1 Å². The smallest absolute Gasteiger partial charge is 0.274 e. The molecule has 0 fully saturated rings. The Hall–Kier alpha value is -2.18. The third kappa shape index (κ3) is 5.50. The van der Waals surface area contributed by atoms with Gasteiger partial charge in [0.25, 0.3) is 5.56 Å². The van der Waals surface area contributed by atoms with Gasteiger partial charge in [-0.2, -0.15) is 0 Å². The lowest BCUT2D eigenvalue weighted by Crippen LogP contribution is -2.29. The number of hydrogen-bond acceptors (Lipinski definition) is 3. The van der Waals surface area contributed by atoms with Crippen molar-refractivity contribution in [1.82, 2.24) is 4.57 Å². The molecule has 0 aliphatic heterocycles. The van der Waals surface area contributed by atoms with Crippen LogP contribution in [0.2, 0.25) is 0 Å². The molecule has 1 heterocycles. The first-order chi connectivity index (χ1) is 10.5. The average Bonchev–Trinajstić information content (AvgIpc) is 2.45. The molecule has 2 aromatic rings. The summed E-state index contributed by atoms with van der Waals surface area (Å²) in [5.41, 5.74) is 6.24. The van der Waals surface area contributed by atoms with Crippen LogP contribution in [0.5, 0.6) is 0 Å². The van der Waals surface area contributed by atoms with Crippen molar-refractivity contribution in [3.63, 3.8) is 0 Å². The largest absolute Gasteiger partial charge is 0.327 e. The minimum atomic E-state index is -0.326. The van der Waals surface area contributed by atoms with Crippen LogP contribution < -0.4 is 16.6 Å². The van der Waals surface area contributed by atoms with Gasteiger partial charge in [0.05, 0.1) is 6.54 Å². The fourth-order valence-electron chi connectivity index (χ4n) is 2.04. The van der Waals surface area contributed by atoms with Crippen LogP contribution in [0.1, 0.15) is 18.9 Å². The number of carbonyl (C=O) groups is 1. The van der Waals surface area contributed by atoms with E-state index in [1.54, 1.807) is 37.4 Å². The van der Waals surface area contributed by atoms with E-state index in [2.05, 4.69) is 5.32 Å². The molecule has 1 aromatic carbocycles. The molecule has 1 amide bonds. The van der Waals surface area contributed by atoms with Crippen molar-refractivity contribution in [3.8, 4) is 0 Å². The Morgan fingerprint density at radius 2 is 1.96 bits per heavy atom. The second-order valence-corrected chi connectivity index (χ2v) is 5.21. The van der Waals surface area contributed by atoms with Crippen molar-refractivity contribution in [1.29, 1.82) is 0 Å². The van der Waals surface area contributed by atoms with E-state index in [0.717, 1.165) is 5.56 Å². The first kappa shape index (κ1) is 18.9. The molecule has 3 N–H and O–H groups in total. The maximum absolute atomic E-state index is 12.9. The molecule has 23 heavy (non-hydrogen) atoms. The number of rotatable bonds is 5. The summed E-state index contributed by atoms with van der Waals surface area (Å²) in [4.78, 5) is 24.0. The Morgan fingerprint density at radius 3 is 2.57 bits per heavy atom. The lowest BCUT2D eigenvalue weighted by molar-refractivity contribution is -0.116. The number of nitrogens with one attached hydrogen (secondary N) is 1. The molecule has 0 aliphatic carbocycles. The monoisotopic (exact) mass is 339 g/mol. The number of carbonyl (C=O) groups excluding carboxylic acids is 1. The van der Waals surface area contributed by atoms with E-state index in [0.29, 0.717) is 6.54 Å². The summed E-state index contributed by atoms with van der Waals surface area (Å²) in [7, 11) is 0. The van der Waals surface area contributed by atoms with Crippen LogP contribution in [0.25, 0.3) is 0 Å². The molecule has 0 saturated carbocycles. The minimum absolute atomic E-state index is 0. The summed E-state index contributed by atoms with van der Waals surface area (Å²) in [5.74, 6) is -0.625. The SMILES string of the molecule is CC(N)CC(=O)Nc1cccn(Cc2ccc(F)cc2)c1=O.Cl. The predicted molar refractivity (Wildman–Crippen MR) is 90.3 cm³/mol. The van der Waals surface area contributed by atoms with Crippen LogP contribution in [0.3, 0.4) is 0 Å². The molecule has 0 radical (unpaired) electrons. The summed E-state index contributed by atoms with van der Waals surface area (Å²) in [6.45, 7) is 2.02. The molecular weight excluding hydrogens is 321 g/mol. The highest BCUT2D eigenvalue weighted by atomic mass is 35.5. The molecule has 1 unspecified atom stereocenters. The van der Waals surface area contributed by atoms with E-state index in [-0.39, 0.29) is 47.8 Å². The highest BCUT2D eigenvalue weighted by molar-refractivity contribution is 5.90. The van der Waals surface area contributed by atoms with Crippen LogP contribution in [0.15, 0.2) is 47.4 Å². The molecule has 124 valence electrons. The van der Waals surface area contributed by atoms with Crippen molar-refractivity contribution in [3.05, 3.63) is 64.3 Å². The van der Waals surface area contributed by atoms with E-state index in [1.165, 1.54) is 16.7 Å². The van der Waals surface area contributed by atoms with E-state index >= 15 is 0 Å². The molecule has 1 aromatic heterocycles. The topological polar surface area (TPSA) is 77.1 Å². The van der Waals surface area contributed by atoms with Gasteiger partial charge in [0.2, 0.25) is 5.91 Å². The highest BCUT2D eigenvalue weighted by Crippen LogP contribution is 2.06. The zero-order chi connectivity index (χ0) is 16.1. The molecule has 7 heteroatoms. The average molecular weight is 340 g/mol. The Labute approximate surface area is 139 Å². The van der Waals surface area contributed by atoms with E-state index in [4.69, 9.17) is 5.73 Å². The van der Waals surface area contributed by atoms with Crippen LogP contribution in [-0.4, -0.2) is 16.5 Å². The molecular formula is C16H19ClFN3O2. The van der Waals surface area contributed by atoms with Gasteiger partial charge in [-0.05, 0) is 36.8 Å². The van der Waals surface area contributed by atoms with E-state index in [1.807, 2.05) is 0 Å². The number of aromatic nitrogens is 1. The van der Waals surface area contributed by atoms with Crippen LogP contribution in [0.4, 0.5) is 10.1 Å². The zero-order valence-electron chi connectivity index (χ0n) is 12.7. The van der Waals surface area contributed by atoms with Gasteiger partial charge in [0, 0.05) is 18.7 Å². The van der Waals surface area contributed by atoms with Gasteiger partial charge in [-0.3, -0.25) is 9.59 Å². The van der Waals surface area contributed by atoms with Crippen LogP contribution >= 0.6 is 12.4 Å². The number of nitrogens with zero attached hydrogens (tertiary/aromatic N) is 1. The van der Waals surface area contributed by atoms with Gasteiger partial charge in [0.1, 0.15) is 11.5 Å². The minimum Gasteiger partial charge on any atom is -0.327 e. The Bertz CT molecular complexity index is 714.